The van der Waals surface area contributed by atoms with Crippen molar-refractivity contribution in [1.29, 1.82) is 0 Å². The quantitative estimate of drug-likeness (QED) is 0.145. The van der Waals surface area contributed by atoms with Crippen LogP contribution in [0.15, 0.2) is 0 Å². The second kappa shape index (κ2) is 34.8. The van der Waals surface area contributed by atoms with Crippen molar-refractivity contribution in [2.24, 2.45) is 41.4 Å². The largest absolute Gasteiger partial charge is 0.393 e. The lowest BCUT2D eigenvalue weighted by molar-refractivity contribution is -0.182. The van der Waals surface area contributed by atoms with E-state index in [1.807, 2.05) is 48.5 Å². The van der Waals surface area contributed by atoms with Gasteiger partial charge in [0.15, 0.2) is 0 Å². The van der Waals surface area contributed by atoms with Gasteiger partial charge in [-0.15, -0.1) is 11.6 Å². The number of carbonyl (C=O) groups is 11. The number of hydrogen-bond donors (Lipinski definition) is 4. The number of halogens is 4. The molecule has 530 valence electrons. The minimum Gasteiger partial charge on any atom is -0.343 e. The van der Waals surface area contributed by atoms with E-state index in [1.54, 1.807) is 13.8 Å². The van der Waals surface area contributed by atoms with E-state index in [0.29, 0.717) is 6.42 Å². The molecule has 4 fully saturated rings. The van der Waals surface area contributed by atoms with E-state index in [4.69, 9.17) is 11.6 Å². The van der Waals surface area contributed by atoms with Gasteiger partial charge in [0.25, 0.3) is 0 Å². The molecule has 0 radical (unpaired) electrons. The number of fused-ring (bicyclic) bond motifs is 1. The maximum Gasteiger partial charge on any atom is 0.393 e. The Morgan fingerprint density at radius 3 is 1.67 bits per heavy atom. The number of amides is 11. The van der Waals surface area contributed by atoms with Gasteiger partial charge in [-0.25, -0.2) is 0 Å². The number of nitrogens with zero attached hydrogens (tertiary/aromatic N) is 7. The van der Waals surface area contributed by atoms with Gasteiger partial charge in [-0.3, -0.25) is 52.7 Å². The number of nitrogens with one attached hydrogen (secondary N) is 4. The van der Waals surface area contributed by atoms with Crippen LogP contribution in [-0.2, 0) is 52.7 Å². The Balaban J connectivity index is 1.83. The monoisotopic (exact) mass is 1340 g/mol. The summed E-state index contributed by atoms with van der Waals surface area (Å²) in [5.74, 6) is -9.78. The molecule has 0 aromatic heterocycles. The van der Waals surface area contributed by atoms with Gasteiger partial charge in [0.2, 0.25) is 65.0 Å². The molecule has 0 spiro atoms. The molecule has 4 rings (SSSR count). The fraction of sp³-hybridized carbons (Fsp3) is 0.836. The Kier molecular flexibility index (Phi) is 29.8. The van der Waals surface area contributed by atoms with Crippen molar-refractivity contribution in [3.8, 4) is 0 Å². The summed E-state index contributed by atoms with van der Waals surface area (Å²) in [6.45, 7) is 20.6. The third-order valence-corrected chi connectivity index (χ3v) is 20.8. The molecule has 2 saturated carbocycles. The van der Waals surface area contributed by atoms with Gasteiger partial charge in [0, 0.05) is 66.7 Å². The summed E-state index contributed by atoms with van der Waals surface area (Å²) in [6.07, 6.45) is 1.01. The van der Waals surface area contributed by atoms with Crippen molar-refractivity contribution in [3.05, 3.63) is 0 Å². The van der Waals surface area contributed by atoms with Crippen LogP contribution in [0.3, 0.4) is 0 Å². The Labute approximate surface area is 556 Å². The number of alkyl halides is 4. The number of carbonyl (C=O) groups excluding carboxylic acids is 11. The summed E-state index contributed by atoms with van der Waals surface area (Å²) in [7, 11) is 8.72. The fourth-order valence-electron chi connectivity index (χ4n) is 13.1. The predicted molar refractivity (Wildman–Crippen MR) is 349 cm³/mol. The lowest BCUT2D eigenvalue weighted by Crippen LogP contribution is -2.64. The molecule has 4 aliphatic rings. The van der Waals surface area contributed by atoms with Crippen LogP contribution < -0.4 is 21.3 Å². The third kappa shape index (κ3) is 21.4. The van der Waals surface area contributed by atoms with Crippen molar-refractivity contribution in [3.63, 3.8) is 0 Å². The van der Waals surface area contributed by atoms with E-state index in [0.717, 1.165) is 32.1 Å². The van der Waals surface area contributed by atoms with Crippen LogP contribution in [-0.4, -0.2) is 226 Å². The highest BCUT2D eigenvalue weighted by molar-refractivity contribution is 6.20. The van der Waals surface area contributed by atoms with Crippen molar-refractivity contribution in [2.75, 3.05) is 55.4 Å². The average Bonchev–Trinajstić information content (AvgIpc) is 0.813. The van der Waals surface area contributed by atoms with Crippen LogP contribution in [0.2, 0.25) is 0 Å². The van der Waals surface area contributed by atoms with Crippen molar-refractivity contribution in [1.82, 2.24) is 55.6 Å². The van der Waals surface area contributed by atoms with Crippen molar-refractivity contribution in [2.45, 2.75) is 264 Å². The molecule has 3 unspecified atom stereocenters. The first-order chi connectivity index (χ1) is 43.2. The zero-order valence-corrected chi connectivity index (χ0v) is 59.6. The maximum absolute atomic E-state index is 15.1. The summed E-state index contributed by atoms with van der Waals surface area (Å²) < 4.78 is 41.8. The van der Waals surface area contributed by atoms with Crippen LogP contribution in [0.25, 0.3) is 0 Å². The molecule has 0 aromatic rings. The molecule has 13 atom stereocenters. The highest BCUT2D eigenvalue weighted by Gasteiger charge is 2.49. The Hall–Kier alpha value is -5.75. The summed E-state index contributed by atoms with van der Waals surface area (Å²) >= 11 is 6.37. The van der Waals surface area contributed by atoms with E-state index in [9.17, 15) is 61.1 Å². The van der Waals surface area contributed by atoms with E-state index < -0.39 is 155 Å². The van der Waals surface area contributed by atoms with Crippen LogP contribution in [0, 0.1) is 41.4 Å². The van der Waals surface area contributed by atoms with Crippen molar-refractivity contribution < 1.29 is 65.9 Å². The Morgan fingerprint density at radius 1 is 0.570 bits per heavy atom. The first kappa shape index (κ1) is 79.7. The molecule has 4 N–H and O–H groups in total. The highest BCUT2D eigenvalue weighted by Crippen LogP contribution is 2.43. The third-order valence-electron chi connectivity index (χ3n) is 20.3. The van der Waals surface area contributed by atoms with Crippen LogP contribution in [0.1, 0.15) is 192 Å². The summed E-state index contributed by atoms with van der Waals surface area (Å²) in [4.78, 5) is 170. The molecule has 11 amide bonds. The minimum absolute atomic E-state index is 0.00890. The lowest BCUT2D eigenvalue weighted by Gasteiger charge is -2.44. The van der Waals surface area contributed by atoms with Crippen LogP contribution in [0.4, 0.5) is 13.2 Å². The van der Waals surface area contributed by atoms with Gasteiger partial charge >= 0.3 is 6.18 Å². The Bertz CT molecular complexity index is 2620. The van der Waals surface area contributed by atoms with Gasteiger partial charge < -0.3 is 55.6 Å². The second-order valence-corrected chi connectivity index (χ2v) is 29.8. The van der Waals surface area contributed by atoms with Crippen LogP contribution >= 0.6 is 11.6 Å². The normalized spacial score (nSPS) is 30.1. The molecular formula is C67H113ClF3N11O11. The molecule has 2 aliphatic heterocycles. The maximum atomic E-state index is 15.1. The van der Waals surface area contributed by atoms with E-state index >= 15 is 4.79 Å². The smallest absolute Gasteiger partial charge is 0.343 e. The Morgan fingerprint density at radius 2 is 1.14 bits per heavy atom. The molecule has 2 heterocycles. The highest BCUT2D eigenvalue weighted by atomic mass is 35.5. The van der Waals surface area contributed by atoms with Gasteiger partial charge in [0.05, 0.1) is 12.5 Å². The van der Waals surface area contributed by atoms with E-state index in [1.165, 1.54) is 97.4 Å². The molecule has 2 saturated heterocycles. The first-order valence-electron chi connectivity index (χ1n) is 34.0. The predicted octanol–water partition coefficient (Wildman–Crippen LogP) is 6.49. The number of rotatable bonds is 13. The zero-order valence-electron chi connectivity index (χ0n) is 58.9. The van der Waals surface area contributed by atoms with Gasteiger partial charge in [-0.1, -0.05) is 93.9 Å². The zero-order chi connectivity index (χ0) is 70.5. The molecular weight excluding hydrogens is 1230 g/mol. The molecule has 0 bridgehead atoms. The average molecular weight is 1340 g/mol. The SMILES string of the molecule is CC[C@H](C)[C@@H]1NC(=O)[C@H](CC(C)C)N(C)C(=O)C[C@@H](C)N(C)C(=O)[C@H](CC(C)C)NC(=O)C(C)(C)N(C)C(=O)[C@H](CC(C)C)NC(=O)[C@H](CCC2CCC(C(F)(F)F)C(Cl)C2)NC(=O)[C@@H](C)N(C)C(=O)[C@H](CC2CCCCC2)N(C)C(=O)[C@@H]2CCN2C(=O)CN(C)C1=O. The number of likely N-dealkylation sites (N-methyl/N-ethyl adjacent to an activating group) is 6. The molecule has 0 aromatic carbocycles. The van der Waals surface area contributed by atoms with E-state index in [2.05, 4.69) is 21.3 Å². The van der Waals surface area contributed by atoms with Crippen LogP contribution in [0.5, 0.6) is 0 Å². The topological polar surface area (TPSA) is 259 Å². The van der Waals surface area contributed by atoms with E-state index in [-0.39, 0.29) is 107 Å². The molecule has 93 heavy (non-hydrogen) atoms. The summed E-state index contributed by atoms with van der Waals surface area (Å²) in [6, 6.07) is -10.2. The standard InChI is InChI=1S/C67H113ClF3N11O11/c1-19-41(8)56-64(92)76(13)37-55(84)82-30-29-51(82)62(90)80(17)53(36-44-23-21-20-22-24-44)63(91)78(15)43(10)57(85)72-48(28-26-45-25-27-46(47(68)35-45)67(69,70)71)58(86)73-50(32-39(4)5)61(89)81(18)66(11,12)65(93)74-49(31-38(2)3)60(88)77(14)42(9)34-54(83)79(16)52(33-40(6)7)59(87)75-56/h38-53,56H,19-37H2,1-18H3,(H,72,85)(H,73,86)(H,74,93)(H,75,87)/t41-,42+,43+,45?,46?,47?,48-,49-,50-,51-,52-,53-,56-/m0/s1. The fourth-order valence-corrected chi connectivity index (χ4v) is 13.7. The lowest BCUT2D eigenvalue weighted by atomic mass is 9.78. The molecule has 22 nitrogen and oxygen atoms in total. The van der Waals surface area contributed by atoms with Crippen molar-refractivity contribution >= 4 is 76.6 Å². The molecule has 26 heteroatoms. The minimum atomic E-state index is -4.51. The van der Waals surface area contributed by atoms with Gasteiger partial charge in [-0.05, 0) is 127 Å². The first-order valence-corrected chi connectivity index (χ1v) is 34.4. The number of hydrogen-bond acceptors (Lipinski definition) is 11. The van der Waals surface area contributed by atoms with Gasteiger partial charge in [-0.2, -0.15) is 13.2 Å². The second-order valence-electron chi connectivity index (χ2n) is 29.2. The summed E-state index contributed by atoms with van der Waals surface area (Å²) in [5, 5.41) is 10.2. The molecule has 2 aliphatic carbocycles. The van der Waals surface area contributed by atoms with Gasteiger partial charge in [0.1, 0.15) is 53.9 Å². The summed E-state index contributed by atoms with van der Waals surface area (Å²) in [5.41, 5.74) is -1.68.